The number of aromatic nitrogens is 4. The van der Waals surface area contributed by atoms with Gasteiger partial charge in [-0.15, -0.1) is 0 Å². The molecule has 0 aliphatic carbocycles. The summed E-state index contributed by atoms with van der Waals surface area (Å²) in [6.07, 6.45) is -3.03. The van der Waals surface area contributed by atoms with Crippen molar-refractivity contribution >= 4 is 30.8 Å². The van der Waals surface area contributed by atoms with Crippen LogP contribution in [0, 0.1) is 0 Å². The fraction of sp³-hybridized carbons (Fsp3) is 0.455. The Kier molecular flexibility index (Phi) is 8.73. The number of hydrogen-bond acceptors (Lipinski definition) is 12. The number of nitrogens with zero attached hydrogens (tertiary/aromatic N) is 6. The third-order valence-corrected chi connectivity index (χ3v) is 7.33. The molecular weight excluding hydrogens is 549 g/mol. The molecule has 0 saturated carbocycles. The second kappa shape index (κ2) is 12.0. The molecule has 17 nitrogen and oxygen atoms in total. The lowest BCUT2D eigenvalue weighted by atomic mass is 10.1. The monoisotopic (exact) mass is 577 g/mol. The van der Waals surface area contributed by atoms with Crippen molar-refractivity contribution in [2.24, 2.45) is 5.11 Å². The molecule has 1 saturated heterocycles. The van der Waals surface area contributed by atoms with Gasteiger partial charge in [-0.05, 0) is 38.4 Å². The van der Waals surface area contributed by atoms with Gasteiger partial charge in [0.25, 0.3) is 5.56 Å². The summed E-state index contributed by atoms with van der Waals surface area (Å²) in [5.74, 6) is -0.697. The Morgan fingerprint density at radius 2 is 2.10 bits per heavy atom. The normalized spacial score (nSPS) is 22.9. The molecule has 0 spiro atoms. The number of ether oxygens (including phenoxy) is 2. The van der Waals surface area contributed by atoms with Crippen molar-refractivity contribution in [3.63, 3.8) is 0 Å². The number of nitrogens with two attached hydrogens (primary N) is 1. The van der Waals surface area contributed by atoms with Crippen molar-refractivity contribution in [2.45, 2.75) is 57.4 Å². The third-order valence-electron chi connectivity index (χ3n) is 5.68. The Balaban J connectivity index is 1.58. The average Bonchev–Trinajstić information content (AvgIpc) is 3.44. The van der Waals surface area contributed by atoms with Gasteiger partial charge in [0.1, 0.15) is 30.2 Å². The molecule has 1 aliphatic heterocycles. The molecule has 40 heavy (non-hydrogen) atoms. The van der Waals surface area contributed by atoms with E-state index in [1.807, 2.05) is 0 Å². The molecule has 3 aromatic rings. The first-order valence-corrected chi connectivity index (χ1v) is 13.6. The third kappa shape index (κ3) is 6.42. The number of para-hydroxylation sites is 1. The Morgan fingerprint density at radius 1 is 1.38 bits per heavy atom. The minimum atomic E-state index is -4.28. The minimum absolute atomic E-state index is 0.0235. The topological polar surface area (TPSA) is 242 Å². The molecule has 0 radical (unpaired) electrons. The summed E-state index contributed by atoms with van der Waals surface area (Å²) in [6.45, 7) is 4.23. The van der Waals surface area contributed by atoms with Crippen LogP contribution in [0.3, 0.4) is 0 Å². The highest BCUT2D eigenvalue weighted by molar-refractivity contribution is 7.52. The highest BCUT2D eigenvalue weighted by Gasteiger charge is 2.46. The number of esters is 1. The zero-order chi connectivity index (χ0) is 29.0. The van der Waals surface area contributed by atoms with E-state index in [9.17, 15) is 19.3 Å². The highest BCUT2D eigenvalue weighted by atomic mass is 31.2. The molecule has 4 rings (SSSR count). The maximum Gasteiger partial charge on any atom is 0.459 e. The van der Waals surface area contributed by atoms with Crippen LogP contribution in [0.1, 0.15) is 27.0 Å². The lowest BCUT2D eigenvalue weighted by molar-refractivity contribution is -0.149. The predicted octanol–water partition coefficient (Wildman–Crippen LogP) is 1.77. The molecule has 3 heterocycles. The van der Waals surface area contributed by atoms with Gasteiger partial charge in [0.05, 0.1) is 25.1 Å². The number of azide groups is 1. The fourth-order valence-corrected chi connectivity index (χ4v) is 5.42. The molecule has 1 aliphatic rings. The molecule has 0 amide bonds. The molecule has 1 aromatic carbocycles. The van der Waals surface area contributed by atoms with Crippen LogP contribution in [0.5, 0.6) is 5.75 Å². The van der Waals surface area contributed by atoms with Crippen LogP contribution in [0.4, 0.5) is 5.95 Å². The van der Waals surface area contributed by atoms with Crippen LogP contribution in [-0.4, -0.2) is 67.6 Å². The van der Waals surface area contributed by atoms with Gasteiger partial charge < -0.3 is 24.8 Å². The van der Waals surface area contributed by atoms with Gasteiger partial charge in [0.15, 0.2) is 11.2 Å². The summed E-state index contributed by atoms with van der Waals surface area (Å²) in [4.78, 5) is 37.7. The smallest absolute Gasteiger partial charge is 0.459 e. The van der Waals surface area contributed by atoms with Crippen LogP contribution in [0.2, 0.25) is 0 Å². The lowest BCUT2D eigenvalue weighted by Crippen LogP contribution is -2.37. The number of anilines is 1. The van der Waals surface area contributed by atoms with Gasteiger partial charge in [-0.3, -0.25) is 23.7 Å². The quantitative estimate of drug-likeness (QED) is 0.0838. The standard InChI is InChI=1S/C22H28N9O8P/c1-11(2)37-21(34)12(3)29-40(35,39-13-7-5-4-6-8-13)36-9-14-17(32)15(28-30-24)20(38-14)31-10-25-16-18(31)26-22(23)27-19(16)33/h4-8,10-12,14-15,17,20,32H,9H2,1-3H3,(H,29,35)(H3,23,26,27,33)/t12-,14+,15+,17+,20+,40?/m0/s1. The van der Waals surface area contributed by atoms with Crippen molar-refractivity contribution in [3.05, 3.63) is 57.5 Å². The van der Waals surface area contributed by atoms with E-state index < -0.39 is 62.5 Å². The Labute approximate surface area is 226 Å². The number of imidazole rings is 1. The van der Waals surface area contributed by atoms with Crippen molar-refractivity contribution in [1.29, 1.82) is 0 Å². The Bertz CT molecular complexity index is 1510. The summed E-state index contributed by atoms with van der Waals surface area (Å²) in [5.41, 5.74) is 14.1. The van der Waals surface area contributed by atoms with Gasteiger partial charge in [0.2, 0.25) is 5.95 Å². The van der Waals surface area contributed by atoms with E-state index >= 15 is 0 Å². The van der Waals surface area contributed by atoms with Gasteiger partial charge in [-0.2, -0.15) is 10.1 Å². The number of rotatable bonds is 11. The second-order valence-electron chi connectivity index (χ2n) is 9.06. The van der Waals surface area contributed by atoms with Crippen LogP contribution < -0.4 is 20.9 Å². The SMILES string of the molecule is CC(C)OC(=O)[C@H](C)NP(=O)(OC[C@H]1O[C@@H](n2cnc3c(=O)[nH]c(N)nc32)[C@H](N=[N+]=[N-])[C@@H]1O)Oc1ccccc1. The van der Waals surface area contributed by atoms with Crippen molar-refractivity contribution in [3.8, 4) is 5.75 Å². The van der Waals surface area contributed by atoms with Gasteiger partial charge >= 0.3 is 13.7 Å². The maximum absolute atomic E-state index is 13.8. The molecule has 6 atom stereocenters. The van der Waals surface area contributed by atoms with E-state index in [0.29, 0.717) is 0 Å². The fourth-order valence-electron chi connectivity index (χ4n) is 3.92. The van der Waals surface area contributed by atoms with E-state index in [4.69, 9.17) is 29.8 Å². The Morgan fingerprint density at radius 3 is 2.77 bits per heavy atom. The number of carbonyl (C=O) groups is 1. The van der Waals surface area contributed by atoms with Crippen LogP contribution in [-0.2, 0) is 23.4 Å². The van der Waals surface area contributed by atoms with Gasteiger partial charge in [-0.1, -0.05) is 23.3 Å². The molecule has 2 aromatic heterocycles. The summed E-state index contributed by atoms with van der Waals surface area (Å²) in [6, 6.07) is 5.78. The molecule has 18 heteroatoms. The number of H-pyrrole nitrogens is 1. The maximum atomic E-state index is 13.8. The summed E-state index contributed by atoms with van der Waals surface area (Å²) in [7, 11) is -4.28. The number of nitrogen functional groups attached to an aromatic ring is 1. The summed E-state index contributed by atoms with van der Waals surface area (Å²) >= 11 is 0. The molecule has 1 unspecified atom stereocenters. The van der Waals surface area contributed by atoms with Crippen LogP contribution in [0.25, 0.3) is 21.6 Å². The zero-order valence-corrected chi connectivity index (χ0v) is 22.5. The minimum Gasteiger partial charge on any atom is -0.462 e. The highest BCUT2D eigenvalue weighted by Crippen LogP contribution is 2.46. The van der Waals surface area contributed by atoms with Crippen molar-refractivity contribution in [1.82, 2.24) is 24.6 Å². The van der Waals surface area contributed by atoms with E-state index in [-0.39, 0.29) is 22.9 Å². The number of hydrogen-bond donors (Lipinski definition) is 4. The van der Waals surface area contributed by atoms with Crippen LogP contribution >= 0.6 is 7.75 Å². The number of fused-ring (bicyclic) bond motifs is 1. The average molecular weight is 577 g/mol. The number of aliphatic hydroxyl groups excluding tert-OH is 1. The van der Waals surface area contributed by atoms with E-state index in [0.717, 1.165) is 0 Å². The van der Waals surface area contributed by atoms with E-state index in [1.165, 1.54) is 30.0 Å². The molecule has 0 bridgehead atoms. The van der Waals surface area contributed by atoms with Crippen LogP contribution in [0.15, 0.2) is 46.6 Å². The molecule has 5 N–H and O–H groups in total. The lowest BCUT2D eigenvalue weighted by Gasteiger charge is -2.25. The molecule has 1 fully saturated rings. The first-order chi connectivity index (χ1) is 19.0. The molecular formula is C22H28N9O8P. The van der Waals surface area contributed by atoms with Gasteiger partial charge in [0, 0.05) is 4.91 Å². The largest absolute Gasteiger partial charge is 0.462 e. The van der Waals surface area contributed by atoms with E-state index in [2.05, 4.69) is 30.1 Å². The second-order valence-corrected chi connectivity index (χ2v) is 10.8. The predicted molar refractivity (Wildman–Crippen MR) is 140 cm³/mol. The summed E-state index contributed by atoms with van der Waals surface area (Å²) in [5, 5.41) is 17.1. The van der Waals surface area contributed by atoms with Crippen molar-refractivity contribution in [2.75, 3.05) is 12.3 Å². The number of carbonyl (C=O) groups excluding carboxylic acids is 1. The van der Waals surface area contributed by atoms with Gasteiger partial charge in [-0.25, -0.2) is 9.55 Å². The Hall–Kier alpha value is -3.98. The van der Waals surface area contributed by atoms with E-state index in [1.54, 1.807) is 32.0 Å². The van der Waals surface area contributed by atoms with Crippen molar-refractivity contribution < 1.29 is 33.0 Å². The first-order valence-electron chi connectivity index (χ1n) is 12.1. The molecule has 214 valence electrons. The summed E-state index contributed by atoms with van der Waals surface area (Å²) < 4.78 is 37.3. The zero-order valence-electron chi connectivity index (χ0n) is 21.6. The number of aromatic amines is 1. The number of aliphatic hydroxyl groups is 1. The first kappa shape index (κ1) is 29.0. The number of benzene rings is 1. The number of nitrogens with one attached hydrogen (secondary N) is 2.